The van der Waals surface area contributed by atoms with Crippen LogP contribution in [0, 0.1) is 0 Å². The van der Waals surface area contributed by atoms with Crippen molar-refractivity contribution >= 4 is 23.7 Å². The van der Waals surface area contributed by atoms with Gasteiger partial charge in [-0.1, -0.05) is 6.42 Å². The molecule has 0 fully saturated rings. The van der Waals surface area contributed by atoms with Crippen molar-refractivity contribution in [2.45, 2.75) is 50.4 Å². The zero-order valence-corrected chi connectivity index (χ0v) is 15.2. The smallest absolute Gasteiger partial charge is 0.322 e. The van der Waals surface area contributed by atoms with Crippen LogP contribution in [0.4, 0.5) is 0 Å². The van der Waals surface area contributed by atoms with E-state index in [4.69, 9.17) is 16.6 Å². The zero-order valence-electron chi connectivity index (χ0n) is 15.2. The number of amides is 3. The van der Waals surface area contributed by atoms with Gasteiger partial charge in [0.25, 0.3) is 0 Å². The second-order valence-corrected chi connectivity index (χ2v) is 5.97. The summed E-state index contributed by atoms with van der Waals surface area (Å²) in [7, 11) is 0. The lowest BCUT2D eigenvalue weighted by molar-refractivity contribution is -0.139. The highest BCUT2D eigenvalue weighted by molar-refractivity contribution is 5.94. The van der Waals surface area contributed by atoms with E-state index in [2.05, 4.69) is 10.6 Å². The molecule has 0 rings (SSSR count). The minimum absolute atomic E-state index is 0.344. The van der Waals surface area contributed by atoms with E-state index >= 15 is 0 Å². The van der Waals surface area contributed by atoms with E-state index in [1.165, 1.54) is 6.92 Å². The van der Waals surface area contributed by atoms with E-state index in [1.54, 1.807) is 0 Å². The highest BCUT2D eigenvalue weighted by Crippen LogP contribution is 2.00. The first-order chi connectivity index (χ1) is 12.6. The monoisotopic (exact) mass is 391 g/mol. The number of aliphatic hydroxyl groups is 2. The second-order valence-electron chi connectivity index (χ2n) is 5.97. The SMILES string of the molecule is CC(O)C(NC(=O)C(CO)NC(=O)C(N)CCCCN)C(=O)NCC(=O)O. The lowest BCUT2D eigenvalue weighted by atomic mass is 10.1. The fourth-order valence-corrected chi connectivity index (χ4v) is 2.04. The Bertz CT molecular complexity index is 515. The maximum absolute atomic E-state index is 12.2. The van der Waals surface area contributed by atoms with Crippen LogP contribution < -0.4 is 27.4 Å². The molecule has 156 valence electrons. The largest absolute Gasteiger partial charge is 0.480 e. The van der Waals surface area contributed by atoms with Gasteiger partial charge in [-0.25, -0.2) is 0 Å². The first-order valence-corrected chi connectivity index (χ1v) is 8.48. The van der Waals surface area contributed by atoms with Crippen LogP contribution in [0.1, 0.15) is 26.2 Å². The number of hydrogen-bond acceptors (Lipinski definition) is 8. The number of aliphatic carboxylic acids is 1. The number of carboxylic acid groups (broad SMARTS) is 1. The number of carbonyl (C=O) groups is 4. The van der Waals surface area contributed by atoms with Crippen LogP contribution in [0.3, 0.4) is 0 Å². The van der Waals surface area contributed by atoms with Gasteiger partial charge in [0.1, 0.15) is 18.6 Å². The lowest BCUT2D eigenvalue weighted by Crippen LogP contribution is -2.59. The van der Waals surface area contributed by atoms with Gasteiger partial charge in [0.15, 0.2) is 0 Å². The number of nitrogens with two attached hydrogens (primary N) is 2. The van der Waals surface area contributed by atoms with Crippen LogP contribution in [-0.2, 0) is 19.2 Å². The van der Waals surface area contributed by atoms with Gasteiger partial charge in [0.2, 0.25) is 17.7 Å². The third kappa shape index (κ3) is 9.84. The fourth-order valence-electron chi connectivity index (χ4n) is 2.04. The third-order valence-electron chi connectivity index (χ3n) is 3.60. The van der Waals surface area contributed by atoms with Crippen LogP contribution in [0.5, 0.6) is 0 Å². The predicted octanol–water partition coefficient (Wildman–Crippen LogP) is -4.01. The van der Waals surface area contributed by atoms with Gasteiger partial charge in [0.05, 0.1) is 18.8 Å². The number of rotatable bonds is 13. The average molecular weight is 391 g/mol. The van der Waals surface area contributed by atoms with Crippen molar-refractivity contribution in [3.63, 3.8) is 0 Å². The number of nitrogens with one attached hydrogen (secondary N) is 3. The molecular weight excluding hydrogens is 362 g/mol. The van der Waals surface area contributed by atoms with Crippen molar-refractivity contribution in [2.75, 3.05) is 19.7 Å². The van der Waals surface area contributed by atoms with Gasteiger partial charge in [-0.3, -0.25) is 19.2 Å². The zero-order chi connectivity index (χ0) is 21.0. The molecule has 0 radical (unpaired) electrons. The maximum Gasteiger partial charge on any atom is 0.322 e. The van der Waals surface area contributed by atoms with Gasteiger partial charge < -0.3 is 42.7 Å². The molecular formula is C15H29N5O7. The van der Waals surface area contributed by atoms with E-state index in [1.807, 2.05) is 5.32 Å². The van der Waals surface area contributed by atoms with Crippen molar-refractivity contribution in [2.24, 2.45) is 11.5 Å². The molecule has 0 saturated carbocycles. The van der Waals surface area contributed by atoms with Crippen LogP contribution >= 0.6 is 0 Å². The molecule has 0 aliphatic heterocycles. The number of unbranched alkanes of at least 4 members (excludes halogenated alkanes) is 1. The van der Waals surface area contributed by atoms with Crippen molar-refractivity contribution < 1.29 is 34.5 Å². The Kier molecular flexibility index (Phi) is 11.9. The summed E-state index contributed by atoms with van der Waals surface area (Å²) < 4.78 is 0. The van der Waals surface area contributed by atoms with Crippen LogP contribution in [0.15, 0.2) is 0 Å². The number of aliphatic hydroxyl groups excluding tert-OH is 2. The molecule has 4 atom stereocenters. The average Bonchev–Trinajstić information content (AvgIpc) is 2.61. The Hall–Kier alpha value is -2.28. The second kappa shape index (κ2) is 13.0. The Morgan fingerprint density at radius 3 is 2.15 bits per heavy atom. The van der Waals surface area contributed by atoms with E-state index in [9.17, 15) is 29.4 Å². The van der Waals surface area contributed by atoms with Crippen molar-refractivity contribution in [1.29, 1.82) is 0 Å². The molecule has 10 N–H and O–H groups in total. The Morgan fingerprint density at radius 1 is 1.04 bits per heavy atom. The molecule has 0 aromatic rings. The predicted molar refractivity (Wildman–Crippen MR) is 94.2 cm³/mol. The molecule has 0 aromatic carbocycles. The number of carboxylic acids is 1. The van der Waals surface area contributed by atoms with E-state index in [0.29, 0.717) is 25.8 Å². The molecule has 3 amide bonds. The molecule has 0 aliphatic rings. The Labute approximate surface area is 156 Å². The molecule has 4 unspecified atom stereocenters. The molecule has 0 heterocycles. The fraction of sp³-hybridized carbons (Fsp3) is 0.733. The molecule has 0 bridgehead atoms. The van der Waals surface area contributed by atoms with Crippen LogP contribution in [-0.4, -0.2) is 82.9 Å². The number of hydrogen-bond donors (Lipinski definition) is 8. The van der Waals surface area contributed by atoms with Gasteiger partial charge >= 0.3 is 5.97 Å². The highest BCUT2D eigenvalue weighted by atomic mass is 16.4. The summed E-state index contributed by atoms with van der Waals surface area (Å²) in [6.45, 7) is 0.206. The summed E-state index contributed by atoms with van der Waals surface area (Å²) in [6, 6.07) is -3.77. The van der Waals surface area contributed by atoms with Gasteiger partial charge in [-0.05, 0) is 26.3 Å². The molecule has 0 aliphatic carbocycles. The molecule has 0 saturated heterocycles. The van der Waals surface area contributed by atoms with E-state index in [-0.39, 0.29) is 0 Å². The van der Waals surface area contributed by atoms with Crippen molar-refractivity contribution in [3.8, 4) is 0 Å². The highest BCUT2D eigenvalue weighted by Gasteiger charge is 2.30. The topological polar surface area (TPSA) is 217 Å². The standard InChI is InChI=1S/C15H29N5O7/c1-8(22)12(15(27)18-6-11(23)24)20-14(26)10(7-21)19-13(25)9(17)4-2-3-5-16/h8-10,12,21-22H,2-7,16-17H2,1H3,(H,18,27)(H,19,25)(H,20,26)(H,23,24). The van der Waals surface area contributed by atoms with Gasteiger partial charge in [0, 0.05) is 0 Å². The van der Waals surface area contributed by atoms with Crippen LogP contribution in [0.25, 0.3) is 0 Å². The summed E-state index contributed by atoms with van der Waals surface area (Å²) in [5, 5.41) is 34.0. The maximum atomic E-state index is 12.2. The van der Waals surface area contributed by atoms with Crippen LogP contribution in [0.2, 0.25) is 0 Å². The summed E-state index contributed by atoms with van der Waals surface area (Å²) in [5.74, 6) is -3.83. The summed E-state index contributed by atoms with van der Waals surface area (Å²) in [4.78, 5) is 46.6. The quantitative estimate of drug-likeness (QED) is 0.143. The minimum Gasteiger partial charge on any atom is -0.480 e. The molecule has 27 heavy (non-hydrogen) atoms. The molecule has 0 spiro atoms. The van der Waals surface area contributed by atoms with Crippen molar-refractivity contribution in [1.82, 2.24) is 16.0 Å². The minimum atomic E-state index is -1.47. The number of carbonyl (C=O) groups excluding carboxylic acids is 3. The first-order valence-electron chi connectivity index (χ1n) is 8.48. The normalized spacial score (nSPS) is 15.1. The van der Waals surface area contributed by atoms with E-state index < -0.39 is 61.1 Å². The van der Waals surface area contributed by atoms with E-state index in [0.717, 1.165) is 0 Å². The summed E-state index contributed by atoms with van der Waals surface area (Å²) >= 11 is 0. The molecule has 0 aromatic heterocycles. The van der Waals surface area contributed by atoms with Gasteiger partial charge in [-0.15, -0.1) is 0 Å². The molecule has 12 heteroatoms. The Morgan fingerprint density at radius 2 is 1.67 bits per heavy atom. The van der Waals surface area contributed by atoms with Crippen molar-refractivity contribution in [3.05, 3.63) is 0 Å². The lowest BCUT2D eigenvalue weighted by Gasteiger charge is -2.24. The first kappa shape index (κ1) is 24.7. The van der Waals surface area contributed by atoms with Gasteiger partial charge in [-0.2, -0.15) is 0 Å². The third-order valence-corrected chi connectivity index (χ3v) is 3.60. The summed E-state index contributed by atoms with van der Waals surface area (Å²) in [5.41, 5.74) is 11.1. The molecule has 12 nitrogen and oxygen atoms in total. The Balaban J connectivity index is 4.80. The summed E-state index contributed by atoms with van der Waals surface area (Å²) in [6.07, 6.45) is 0.300.